The summed E-state index contributed by atoms with van der Waals surface area (Å²) >= 11 is 0. The number of carbonyl (C=O) groups excluding carboxylic acids is 2. The first-order valence-corrected chi connectivity index (χ1v) is 18.1. The maximum atomic E-state index is 12.4. The second-order valence-corrected chi connectivity index (χ2v) is 13.6. The number of fused-ring (bicyclic) bond motifs is 3. The number of H-pyrrole nitrogens is 1. The quantitative estimate of drug-likeness (QED) is 0.130. The molecule has 52 heavy (non-hydrogen) atoms. The van der Waals surface area contributed by atoms with Gasteiger partial charge in [0.2, 0.25) is 0 Å². The Morgan fingerprint density at radius 3 is 2.25 bits per heavy atom. The molecule has 0 spiro atoms. The SMILES string of the molecule is CN1CCN(c2ccc3nc(-c4cccc(N5CCc6cc(OCCOCCOCCN7C(=O)c8ccccc8C7=O)ccc6C5)c4)[nH]c3c2)CC1. The summed E-state index contributed by atoms with van der Waals surface area (Å²) in [4.78, 5) is 41.9. The van der Waals surface area contributed by atoms with Gasteiger partial charge in [-0.3, -0.25) is 14.5 Å². The molecular weight excluding hydrogens is 656 g/mol. The van der Waals surface area contributed by atoms with Crippen LogP contribution >= 0.6 is 0 Å². The topological polar surface area (TPSA) is 103 Å². The van der Waals surface area contributed by atoms with Crippen LogP contribution in [0.15, 0.2) is 84.9 Å². The number of carbonyl (C=O) groups is 2. The number of benzene rings is 4. The summed E-state index contributed by atoms with van der Waals surface area (Å²) in [6.45, 7) is 8.14. The van der Waals surface area contributed by atoms with Gasteiger partial charge < -0.3 is 33.9 Å². The van der Waals surface area contributed by atoms with Crippen molar-refractivity contribution in [3.8, 4) is 17.1 Å². The molecule has 3 aliphatic rings. The van der Waals surface area contributed by atoms with Crippen LogP contribution in [-0.4, -0.2) is 111 Å². The Kier molecular flexibility index (Phi) is 9.89. The van der Waals surface area contributed by atoms with Gasteiger partial charge in [-0.2, -0.15) is 0 Å². The van der Waals surface area contributed by atoms with Crippen LogP contribution in [0.3, 0.4) is 0 Å². The first kappa shape index (κ1) is 33.9. The number of imide groups is 1. The zero-order chi connectivity index (χ0) is 35.4. The number of aromatic nitrogens is 2. The lowest BCUT2D eigenvalue weighted by Crippen LogP contribution is -2.44. The van der Waals surface area contributed by atoms with Gasteiger partial charge in [0.25, 0.3) is 11.8 Å². The molecule has 1 saturated heterocycles. The summed E-state index contributed by atoms with van der Waals surface area (Å²) < 4.78 is 17.3. The number of ether oxygens (including phenoxy) is 3. The number of rotatable bonds is 13. The molecule has 3 aliphatic heterocycles. The zero-order valence-corrected chi connectivity index (χ0v) is 29.6. The summed E-state index contributed by atoms with van der Waals surface area (Å²) in [5, 5.41) is 0. The third-order valence-corrected chi connectivity index (χ3v) is 10.2. The van der Waals surface area contributed by atoms with Crippen molar-refractivity contribution >= 4 is 34.2 Å². The fourth-order valence-corrected chi connectivity index (χ4v) is 7.22. The third kappa shape index (κ3) is 7.25. The Hall–Kier alpha value is -5.23. The van der Waals surface area contributed by atoms with Crippen molar-refractivity contribution in [3.05, 3.63) is 107 Å². The summed E-state index contributed by atoms with van der Waals surface area (Å²) in [5.74, 6) is 1.20. The van der Waals surface area contributed by atoms with Crippen LogP contribution in [0.25, 0.3) is 22.4 Å². The highest BCUT2D eigenvalue weighted by Crippen LogP contribution is 2.31. The van der Waals surface area contributed by atoms with E-state index in [1.54, 1.807) is 24.3 Å². The van der Waals surface area contributed by atoms with Gasteiger partial charge in [-0.25, -0.2) is 4.98 Å². The minimum absolute atomic E-state index is 0.221. The maximum Gasteiger partial charge on any atom is 0.261 e. The Balaban J connectivity index is 0.778. The average Bonchev–Trinajstić information content (AvgIpc) is 3.72. The van der Waals surface area contributed by atoms with E-state index in [9.17, 15) is 9.59 Å². The molecule has 1 aromatic heterocycles. The van der Waals surface area contributed by atoms with Crippen LogP contribution < -0.4 is 14.5 Å². The van der Waals surface area contributed by atoms with Gasteiger partial charge in [0.05, 0.1) is 55.1 Å². The summed E-state index contributed by atoms with van der Waals surface area (Å²) in [7, 11) is 2.18. The first-order valence-electron chi connectivity index (χ1n) is 18.1. The molecule has 0 radical (unpaired) electrons. The summed E-state index contributed by atoms with van der Waals surface area (Å²) in [5.41, 5.74) is 9.09. The number of imidazole rings is 1. The van der Waals surface area contributed by atoms with Crippen LogP contribution in [0, 0.1) is 0 Å². The van der Waals surface area contributed by atoms with Gasteiger partial charge in [-0.15, -0.1) is 0 Å². The van der Waals surface area contributed by atoms with Crippen molar-refractivity contribution in [1.82, 2.24) is 19.8 Å². The van der Waals surface area contributed by atoms with E-state index in [1.165, 1.54) is 27.4 Å². The molecule has 0 atom stereocenters. The number of hydrogen-bond acceptors (Lipinski definition) is 9. The lowest BCUT2D eigenvalue weighted by molar-refractivity contribution is 0.0282. The van der Waals surface area contributed by atoms with E-state index in [-0.39, 0.29) is 25.0 Å². The smallest absolute Gasteiger partial charge is 0.261 e. The maximum absolute atomic E-state index is 12.4. The molecule has 8 rings (SSSR count). The lowest BCUT2D eigenvalue weighted by Gasteiger charge is -2.34. The lowest BCUT2D eigenvalue weighted by atomic mass is 9.98. The fraction of sp³-hybridized carbons (Fsp3) is 0.341. The average molecular weight is 701 g/mol. The number of aromatic amines is 1. The predicted octanol–water partition coefficient (Wildman–Crippen LogP) is 5.25. The van der Waals surface area contributed by atoms with Gasteiger partial charge >= 0.3 is 0 Å². The fourth-order valence-electron chi connectivity index (χ4n) is 7.22. The number of nitrogens with zero attached hydrogens (tertiary/aromatic N) is 5. The molecule has 0 saturated carbocycles. The zero-order valence-electron chi connectivity index (χ0n) is 29.6. The van der Waals surface area contributed by atoms with Gasteiger partial charge in [0, 0.05) is 56.2 Å². The molecule has 0 bridgehead atoms. The summed E-state index contributed by atoms with van der Waals surface area (Å²) in [6, 6.07) is 28.4. The van der Waals surface area contributed by atoms with E-state index >= 15 is 0 Å². The number of likely N-dealkylation sites (N-methyl/N-ethyl adjacent to an activating group) is 1. The molecule has 0 unspecified atom stereocenters. The molecule has 268 valence electrons. The van der Waals surface area contributed by atoms with Crippen molar-refractivity contribution in [2.45, 2.75) is 13.0 Å². The molecule has 2 amide bonds. The molecule has 5 aromatic rings. The van der Waals surface area contributed by atoms with Crippen LogP contribution in [0.4, 0.5) is 11.4 Å². The third-order valence-electron chi connectivity index (χ3n) is 10.2. The minimum Gasteiger partial charge on any atom is -0.491 e. The molecule has 1 fully saturated rings. The Morgan fingerprint density at radius 1 is 0.692 bits per heavy atom. The monoisotopic (exact) mass is 700 g/mol. The van der Waals surface area contributed by atoms with E-state index in [1.807, 2.05) is 6.07 Å². The van der Waals surface area contributed by atoms with E-state index in [4.69, 9.17) is 19.2 Å². The second kappa shape index (κ2) is 15.2. The predicted molar refractivity (Wildman–Crippen MR) is 201 cm³/mol. The Labute approximate surface area is 303 Å². The minimum atomic E-state index is -0.267. The molecule has 1 N–H and O–H groups in total. The number of anilines is 2. The highest BCUT2D eigenvalue weighted by Gasteiger charge is 2.34. The van der Waals surface area contributed by atoms with Crippen molar-refractivity contribution in [3.63, 3.8) is 0 Å². The number of piperazine rings is 1. The van der Waals surface area contributed by atoms with Gasteiger partial charge in [0.1, 0.15) is 18.2 Å². The van der Waals surface area contributed by atoms with Crippen LogP contribution in [0.2, 0.25) is 0 Å². The van der Waals surface area contributed by atoms with Crippen molar-refractivity contribution in [1.29, 1.82) is 0 Å². The van der Waals surface area contributed by atoms with Crippen molar-refractivity contribution in [2.24, 2.45) is 0 Å². The highest BCUT2D eigenvalue weighted by molar-refractivity contribution is 6.21. The molecule has 0 aliphatic carbocycles. The number of nitrogens with one attached hydrogen (secondary N) is 1. The highest BCUT2D eigenvalue weighted by atomic mass is 16.5. The van der Waals surface area contributed by atoms with Gasteiger partial charge in [-0.1, -0.05) is 30.3 Å². The summed E-state index contributed by atoms with van der Waals surface area (Å²) in [6.07, 6.45) is 0.936. The molecular formula is C41H44N6O5. The molecule has 11 heteroatoms. The van der Waals surface area contributed by atoms with Crippen molar-refractivity contribution in [2.75, 3.05) is 89.2 Å². The van der Waals surface area contributed by atoms with Gasteiger partial charge in [-0.05, 0) is 79.2 Å². The van der Waals surface area contributed by atoms with E-state index in [0.717, 1.165) is 73.9 Å². The van der Waals surface area contributed by atoms with Crippen molar-refractivity contribution < 1.29 is 23.8 Å². The molecule has 4 aromatic carbocycles. The largest absolute Gasteiger partial charge is 0.491 e. The molecule has 4 heterocycles. The standard InChI is InChI=1S/C41H44N6O5/c1-44-15-17-45(18-16-44)33-10-12-37-38(27-33)43-39(42-37)30-5-4-6-32(25-30)46-14-13-29-26-34(11-9-31(29)28-46)52-24-23-51-22-21-50-20-19-47-40(48)35-7-2-3-8-36(35)41(47)49/h2-12,25-27H,13-24,28H2,1H3,(H,42,43). The van der Waals surface area contributed by atoms with E-state index in [0.29, 0.717) is 37.6 Å². The normalized spacial score (nSPS) is 16.1. The van der Waals surface area contributed by atoms with Crippen LogP contribution in [0.1, 0.15) is 31.8 Å². The second-order valence-electron chi connectivity index (χ2n) is 13.6. The Morgan fingerprint density at radius 2 is 1.44 bits per heavy atom. The van der Waals surface area contributed by atoms with Crippen LogP contribution in [-0.2, 0) is 22.4 Å². The first-order chi connectivity index (χ1) is 25.5. The van der Waals surface area contributed by atoms with Gasteiger partial charge in [0.15, 0.2) is 0 Å². The van der Waals surface area contributed by atoms with E-state index < -0.39 is 0 Å². The van der Waals surface area contributed by atoms with E-state index in [2.05, 4.69) is 81.3 Å². The van der Waals surface area contributed by atoms with Crippen LogP contribution in [0.5, 0.6) is 5.75 Å². The Bertz CT molecular complexity index is 2040. The molecule has 11 nitrogen and oxygen atoms in total. The number of hydrogen-bond donors (Lipinski definition) is 1. The number of amides is 2.